The van der Waals surface area contributed by atoms with Gasteiger partial charge in [-0.25, -0.2) is 4.79 Å². The molecule has 1 spiro atoms. The fourth-order valence-electron chi connectivity index (χ4n) is 11.0. The minimum Gasteiger partial charge on any atom is -0.497 e. The molecule has 0 unspecified atom stereocenters. The first kappa shape index (κ1) is 36.5. The molecule has 0 aromatic heterocycles. The number of anilines is 1. The van der Waals surface area contributed by atoms with Gasteiger partial charge >= 0.3 is 11.9 Å². The highest BCUT2D eigenvalue weighted by Crippen LogP contribution is 2.67. The highest BCUT2D eigenvalue weighted by molar-refractivity contribution is 7.95. The Labute approximate surface area is 319 Å². The Balaban J connectivity index is 1.18. The van der Waals surface area contributed by atoms with Gasteiger partial charge in [-0.1, -0.05) is 79.7 Å². The van der Waals surface area contributed by atoms with Crippen LogP contribution in [0.5, 0.6) is 5.75 Å². The standard InChI is InChI=1S/C45H50N2O6P/c1-5-43-26-16-28-47-29-27-44(39(43)47)36-25-24-32(51-3)31-37(36)46(2)40(44)45(50,42(49)52-4)41(43)53-38(48)23-15-30-54(33-17-9-6-10-18-33,34-19-11-7-12-20-34)35-21-13-8-14-22-35/h6-14,16-22,24-26,31,39-41,50H,5,15,23,27-30H2,1-4H3/q+1/t39-,40+,41+,43+,44+,45-/m0/s1. The Morgan fingerprint density at radius 2 is 1.48 bits per heavy atom. The van der Waals surface area contributed by atoms with Crippen molar-refractivity contribution in [1.82, 2.24) is 4.90 Å². The van der Waals surface area contributed by atoms with Crippen molar-refractivity contribution in [1.29, 1.82) is 0 Å². The smallest absolute Gasteiger partial charge is 0.344 e. The lowest BCUT2D eigenvalue weighted by atomic mass is 9.47. The van der Waals surface area contributed by atoms with E-state index in [2.05, 4.69) is 103 Å². The van der Waals surface area contributed by atoms with E-state index >= 15 is 0 Å². The molecule has 1 aliphatic carbocycles. The summed E-state index contributed by atoms with van der Waals surface area (Å²) in [6.45, 7) is 3.61. The maximum absolute atomic E-state index is 14.4. The van der Waals surface area contributed by atoms with Crippen LogP contribution < -0.4 is 25.6 Å². The van der Waals surface area contributed by atoms with Crippen LogP contribution in [0.3, 0.4) is 0 Å². The van der Waals surface area contributed by atoms with Gasteiger partial charge < -0.3 is 24.2 Å². The van der Waals surface area contributed by atoms with E-state index in [-0.39, 0.29) is 12.5 Å². The summed E-state index contributed by atoms with van der Waals surface area (Å²) >= 11 is 0. The number of carbonyl (C=O) groups is 2. The highest BCUT2D eigenvalue weighted by atomic mass is 31.2. The number of esters is 2. The zero-order chi connectivity index (χ0) is 37.7. The zero-order valence-electron chi connectivity index (χ0n) is 31.6. The number of ether oxygens (including phenoxy) is 3. The van der Waals surface area contributed by atoms with Gasteiger partial charge in [0.05, 0.1) is 26.4 Å². The van der Waals surface area contributed by atoms with Gasteiger partial charge in [0.2, 0.25) is 5.60 Å². The van der Waals surface area contributed by atoms with Gasteiger partial charge in [0.1, 0.15) is 28.9 Å². The predicted molar refractivity (Wildman–Crippen MR) is 215 cm³/mol. The van der Waals surface area contributed by atoms with Crippen LogP contribution in [0.1, 0.15) is 38.2 Å². The first-order valence-electron chi connectivity index (χ1n) is 19.1. The maximum Gasteiger partial charge on any atom is 0.344 e. The number of fused-ring (bicyclic) bond motifs is 1. The van der Waals surface area contributed by atoms with E-state index in [0.717, 1.165) is 36.9 Å². The van der Waals surface area contributed by atoms with Gasteiger partial charge in [-0.05, 0) is 73.8 Å². The minimum atomic E-state index is -2.18. The number of methoxy groups -OCH3 is 2. The molecule has 6 atom stereocenters. The Morgan fingerprint density at radius 1 is 0.870 bits per heavy atom. The van der Waals surface area contributed by atoms with E-state index in [4.69, 9.17) is 14.2 Å². The summed E-state index contributed by atoms with van der Waals surface area (Å²) in [4.78, 5) is 33.2. The Kier molecular flexibility index (Phi) is 9.44. The molecule has 54 heavy (non-hydrogen) atoms. The van der Waals surface area contributed by atoms with Gasteiger partial charge in [0.15, 0.2) is 6.10 Å². The average molecular weight is 746 g/mol. The lowest BCUT2D eigenvalue weighted by Gasteiger charge is -2.63. The monoisotopic (exact) mass is 745 g/mol. The predicted octanol–water partition coefficient (Wildman–Crippen LogP) is 5.40. The molecule has 0 bridgehead atoms. The summed E-state index contributed by atoms with van der Waals surface area (Å²) in [6, 6.07) is 37.0. The third kappa shape index (κ3) is 5.13. The summed E-state index contributed by atoms with van der Waals surface area (Å²) in [5, 5.41) is 17.0. The van der Waals surface area contributed by atoms with Crippen LogP contribution in [0.4, 0.5) is 5.69 Å². The molecular weight excluding hydrogens is 695 g/mol. The second-order valence-electron chi connectivity index (χ2n) is 15.3. The Hall–Kier alpha value is -4.49. The molecule has 1 saturated heterocycles. The Morgan fingerprint density at radius 3 is 2.04 bits per heavy atom. The van der Waals surface area contributed by atoms with Crippen LogP contribution in [0.15, 0.2) is 121 Å². The van der Waals surface area contributed by atoms with E-state index < -0.39 is 47.8 Å². The van der Waals surface area contributed by atoms with Crippen molar-refractivity contribution in [2.45, 2.75) is 61.8 Å². The first-order valence-corrected chi connectivity index (χ1v) is 21.1. The van der Waals surface area contributed by atoms with Gasteiger partial charge in [0, 0.05) is 48.6 Å². The van der Waals surface area contributed by atoms with Crippen molar-refractivity contribution in [3.8, 4) is 5.75 Å². The number of rotatable bonds is 11. The van der Waals surface area contributed by atoms with E-state index in [1.807, 2.05) is 42.3 Å². The van der Waals surface area contributed by atoms with Gasteiger partial charge in [-0.15, -0.1) is 0 Å². The largest absolute Gasteiger partial charge is 0.497 e. The SMILES string of the molecule is CC[C@]12C=CCN3CC[C@@]4(c5ccc(OC)cc5N(C)[C@H]4[C@@](O)(C(=O)OC)[C@@H]1OC(=O)CCC[P+](c1ccccc1)(c1ccccc1)c1ccccc1)[C@@H]32. The lowest BCUT2D eigenvalue weighted by molar-refractivity contribution is -0.229. The van der Waals surface area contributed by atoms with Crippen LogP contribution in [0.25, 0.3) is 0 Å². The molecule has 4 aromatic rings. The summed E-state index contributed by atoms with van der Waals surface area (Å²) in [7, 11) is 2.69. The second-order valence-corrected chi connectivity index (χ2v) is 18.9. The third-order valence-corrected chi connectivity index (χ3v) is 17.6. The van der Waals surface area contributed by atoms with E-state index in [1.165, 1.54) is 23.0 Å². The molecule has 3 heterocycles. The number of nitrogens with zero attached hydrogens (tertiary/aromatic N) is 2. The maximum atomic E-state index is 14.4. The van der Waals surface area contributed by atoms with Crippen molar-refractivity contribution in [3.05, 3.63) is 127 Å². The molecule has 4 aliphatic rings. The fraction of sp³-hybridized carbons (Fsp3) is 0.378. The van der Waals surface area contributed by atoms with Crippen LogP contribution in [0.2, 0.25) is 0 Å². The summed E-state index contributed by atoms with van der Waals surface area (Å²) in [6.07, 6.45) is 5.76. The van der Waals surface area contributed by atoms with Crippen LogP contribution >= 0.6 is 7.26 Å². The molecule has 2 fully saturated rings. The number of benzene rings is 4. The van der Waals surface area contributed by atoms with Crippen LogP contribution in [0, 0.1) is 5.41 Å². The van der Waals surface area contributed by atoms with Crippen molar-refractivity contribution < 1.29 is 28.9 Å². The molecular formula is C45H50N2O6P+. The fourth-order valence-corrected chi connectivity index (χ4v) is 15.4. The van der Waals surface area contributed by atoms with Gasteiger partial charge in [-0.3, -0.25) is 9.69 Å². The number of likely N-dealkylation sites (N-methyl/N-ethyl adjacent to an activating group) is 1. The average Bonchev–Trinajstić information content (AvgIpc) is 3.73. The quantitative estimate of drug-likeness (QED) is 0.124. The number of carbonyl (C=O) groups excluding carboxylic acids is 2. The normalized spacial score (nSPS) is 28.2. The molecule has 8 rings (SSSR count). The summed E-state index contributed by atoms with van der Waals surface area (Å²) in [5.74, 6) is -0.527. The third-order valence-electron chi connectivity index (χ3n) is 13.0. The molecule has 0 amide bonds. The molecule has 280 valence electrons. The van der Waals surface area contributed by atoms with Crippen LogP contribution in [-0.2, 0) is 24.5 Å². The molecule has 8 nitrogen and oxygen atoms in total. The zero-order valence-corrected chi connectivity index (χ0v) is 32.5. The molecule has 9 heteroatoms. The molecule has 1 saturated carbocycles. The molecule has 1 N–H and O–H groups in total. The van der Waals surface area contributed by atoms with Crippen molar-refractivity contribution in [3.63, 3.8) is 0 Å². The Bertz CT molecular complexity index is 1950. The number of hydrogen-bond acceptors (Lipinski definition) is 8. The summed E-state index contributed by atoms with van der Waals surface area (Å²) < 4.78 is 17.8. The van der Waals surface area contributed by atoms with E-state index in [1.54, 1.807) is 7.11 Å². The second kappa shape index (κ2) is 14.0. The molecule has 4 aromatic carbocycles. The number of hydrogen-bond donors (Lipinski definition) is 1. The van der Waals surface area contributed by atoms with Crippen molar-refractivity contribution >= 4 is 40.8 Å². The topological polar surface area (TPSA) is 88.5 Å². The first-order chi connectivity index (χ1) is 26.2. The summed E-state index contributed by atoms with van der Waals surface area (Å²) in [5.41, 5.74) is -1.69. The lowest BCUT2D eigenvalue weighted by Crippen LogP contribution is -2.81. The molecule has 3 aliphatic heterocycles. The van der Waals surface area contributed by atoms with Crippen LogP contribution in [-0.4, -0.2) is 86.3 Å². The molecule has 0 radical (unpaired) electrons. The highest BCUT2D eigenvalue weighted by Gasteiger charge is 2.80. The van der Waals surface area contributed by atoms with Crippen molar-refractivity contribution in [2.24, 2.45) is 5.41 Å². The van der Waals surface area contributed by atoms with E-state index in [0.29, 0.717) is 18.6 Å². The van der Waals surface area contributed by atoms with Gasteiger partial charge in [-0.2, -0.15) is 0 Å². The van der Waals surface area contributed by atoms with Crippen molar-refractivity contribution in [2.75, 3.05) is 45.4 Å². The number of aliphatic hydroxyl groups is 1. The van der Waals surface area contributed by atoms with E-state index in [9.17, 15) is 14.7 Å². The van der Waals surface area contributed by atoms with Gasteiger partial charge in [0.25, 0.3) is 0 Å². The minimum absolute atomic E-state index is 0.127.